The van der Waals surface area contributed by atoms with Gasteiger partial charge >= 0.3 is 0 Å². The first kappa shape index (κ1) is 14.6. The summed E-state index contributed by atoms with van der Waals surface area (Å²) in [5.41, 5.74) is 13.1. The van der Waals surface area contributed by atoms with Crippen LogP contribution in [0.3, 0.4) is 0 Å². The van der Waals surface area contributed by atoms with Gasteiger partial charge in [-0.3, -0.25) is 0 Å². The van der Waals surface area contributed by atoms with Crippen LogP contribution in [0.2, 0.25) is 0 Å². The third-order valence-corrected chi connectivity index (χ3v) is 3.70. The predicted molar refractivity (Wildman–Crippen MR) is 84.1 cm³/mol. The van der Waals surface area contributed by atoms with Crippen molar-refractivity contribution in [3.05, 3.63) is 63.7 Å². The van der Waals surface area contributed by atoms with Crippen molar-refractivity contribution in [2.45, 2.75) is 40.8 Å². The molecule has 2 aromatic rings. The summed E-state index contributed by atoms with van der Waals surface area (Å²) < 4.78 is 6.01. The van der Waals surface area contributed by atoms with E-state index in [1.54, 1.807) is 0 Å². The molecule has 0 fully saturated rings. The number of rotatable bonds is 4. The zero-order valence-corrected chi connectivity index (χ0v) is 12.8. The summed E-state index contributed by atoms with van der Waals surface area (Å²) in [4.78, 5) is 0. The van der Waals surface area contributed by atoms with Gasteiger partial charge in [0, 0.05) is 6.54 Å². The Morgan fingerprint density at radius 1 is 0.900 bits per heavy atom. The van der Waals surface area contributed by atoms with Crippen molar-refractivity contribution in [3.63, 3.8) is 0 Å². The molecule has 0 atom stereocenters. The Balaban J connectivity index is 2.21. The van der Waals surface area contributed by atoms with E-state index in [0.29, 0.717) is 13.2 Å². The third-order valence-electron chi connectivity index (χ3n) is 3.70. The monoisotopic (exact) mass is 269 g/mol. The van der Waals surface area contributed by atoms with E-state index in [4.69, 9.17) is 10.5 Å². The van der Waals surface area contributed by atoms with Crippen LogP contribution in [0.5, 0.6) is 5.75 Å². The van der Waals surface area contributed by atoms with Crippen LogP contribution in [0.15, 0.2) is 30.3 Å². The first-order valence-electron chi connectivity index (χ1n) is 7.00. The molecule has 0 saturated heterocycles. The molecule has 2 rings (SSSR count). The lowest BCUT2D eigenvalue weighted by atomic mass is 10.0. The Labute approximate surface area is 121 Å². The molecule has 0 aliphatic heterocycles. The summed E-state index contributed by atoms with van der Waals surface area (Å²) in [5.74, 6) is 0.923. The van der Waals surface area contributed by atoms with Gasteiger partial charge in [-0.15, -0.1) is 0 Å². The summed E-state index contributed by atoms with van der Waals surface area (Å²) in [5, 5.41) is 0. The number of ether oxygens (including phenoxy) is 1. The number of benzene rings is 2. The van der Waals surface area contributed by atoms with E-state index in [1.807, 2.05) is 12.1 Å². The fourth-order valence-electron chi connectivity index (χ4n) is 2.51. The number of nitrogens with two attached hydrogens (primary N) is 1. The molecule has 106 valence electrons. The van der Waals surface area contributed by atoms with Crippen molar-refractivity contribution in [1.82, 2.24) is 0 Å². The summed E-state index contributed by atoms with van der Waals surface area (Å²) in [6, 6.07) is 10.6. The minimum Gasteiger partial charge on any atom is -0.489 e. The van der Waals surface area contributed by atoms with E-state index >= 15 is 0 Å². The highest BCUT2D eigenvalue weighted by Crippen LogP contribution is 2.23. The van der Waals surface area contributed by atoms with Crippen molar-refractivity contribution >= 4 is 0 Å². The van der Waals surface area contributed by atoms with E-state index in [-0.39, 0.29) is 0 Å². The maximum Gasteiger partial charge on any atom is 0.123 e. The van der Waals surface area contributed by atoms with Crippen LogP contribution in [0, 0.1) is 27.7 Å². The number of hydrogen-bond donors (Lipinski definition) is 1. The van der Waals surface area contributed by atoms with E-state index in [0.717, 1.165) is 16.9 Å². The molecule has 0 aliphatic carbocycles. The third kappa shape index (κ3) is 3.20. The van der Waals surface area contributed by atoms with Crippen LogP contribution < -0.4 is 10.5 Å². The summed E-state index contributed by atoms with van der Waals surface area (Å²) in [7, 11) is 0. The zero-order valence-electron chi connectivity index (χ0n) is 12.8. The van der Waals surface area contributed by atoms with E-state index in [2.05, 4.69) is 45.9 Å². The molecular formula is C18H23NO. The molecule has 0 aliphatic rings. The first-order chi connectivity index (χ1) is 9.51. The molecule has 2 nitrogen and oxygen atoms in total. The number of aryl methyl sites for hydroxylation is 4. The van der Waals surface area contributed by atoms with Gasteiger partial charge in [0.25, 0.3) is 0 Å². The average Bonchev–Trinajstić information content (AvgIpc) is 2.39. The molecule has 2 heteroatoms. The molecule has 20 heavy (non-hydrogen) atoms. The Morgan fingerprint density at radius 3 is 2.15 bits per heavy atom. The van der Waals surface area contributed by atoms with Crippen LogP contribution in [0.25, 0.3) is 0 Å². The maximum absolute atomic E-state index is 6.01. The highest BCUT2D eigenvalue weighted by molar-refractivity contribution is 5.39. The number of hydrogen-bond acceptors (Lipinski definition) is 2. The molecule has 0 saturated carbocycles. The minimum absolute atomic E-state index is 0.541. The van der Waals surface area contributed by atoms with Gasteiger partial charge in [0.15, 0.2) is 0 Å². The molecule has 0 aromatic heterocycles. The highest BCUT2D eigenvalue weighted by Gasteiger charge is 2.07. The van der Waals surface area contributed by atoms with Crippen LogP contribution in [-0.4, -0.2) is 0 Å². The summed E-state index contributed by atoms with van der Waals surface area (Å²) in [6.07, 6.45) is 0. The average molecular weight is 269 g/mol. The lowest BCUT2D eigenvalue weighted by Gasteiger charge is -2.14. The molecule has 0 amide bonds. The van der Waals surface area contributed by atoms with Gasteiger partial charge in [0.2, 0.25) is 0 Å². The molecule has 0 radical (unpaired) electrons. The lowest BCUT2D eigenvalue weighted by molar-refractivity contribution is 0.302. The Kier molecular flexibility index (Phi) is 4.46. The molecule has 2 N–H and O–H groups in total. The second-order valence-electron chi connectivity index (χ2n) is 5.47. The van der Waals surface area contributed by atoms with Crippen molar-refractivity contribution in [2.75, 3.05) is 0 Å². The SMILES string of the molecule is Cc1cc(C)c(COc2cc(CN)ccc2C)c(C)c1. The van der Waals surface area contributed by atoms with Crippen molar-refractivity contribution in [3.8, 4) is 5.75 Å². The summed E-state index contributed by atoms with van der Waals surface area (Å²) >= 11 is 0. The van der Waals surface area contributed by atoms with Gasteiger partial charge in [-0.25, -0.2) is 0 Å². The second-order valence-corrected chi connectivity index (χ2v) is 5.47. The van der Waals surface area contributed by atoms with Crippen LogP contribution in [0.1, 0.15) is 33.4 Å². The Hall–Kier alpha value is -1.80. The maximum atomic E-state index is 6.01. The molecule has 0 bridgehead atoms. The standard InChI is InChI=1S/C18H23NO/c1-12-7-14(3)17(15(4)8-12)11-20-18-9-16(10-19)6-5-13(18)2/h5-9H,10-11,19H2,1-4H3. The van der Waals surface area contributed by atoms with Crippen molar-refractivity contribution < 1.29 is 4.74 Å². The topological polar surface area (TPSA) is 35.2 Å². The molecule has 0 spiro atoms. The van der Waals surface area contributed by atoms with Gasteiger partial charge < -0.3 is 10.5 Å². The minimum atomic E-state index is 0.541. The van der Waals surface area contributed by atoms with Gasteiger partial charge in [-0.2, -0.15) is 0 Å². The molecule has 0 unspecified atom stereocenters. The van der Waals surface area contributed by atoms with E-state index in [1.165, 1.54) is 22.3 Å². The van der Waals surface area contributed by atoms with Crippen LogP contribution in [-0.2, 0) is 13.2 Å². The molecule has 0 heterocycles. The Morgan fingerprint density at radius 2 is 1.55 bits per heavy atom. The predicted octanol–water partition coefficient (Wildman–Crippen LogP) is 3.96. The van der Waals surface area contributed by atoms with Crippen molar-refractivity contribution in [2.24, 2.45) is 5.73 Å². The Bertz CT molecular complexity index is 594. The van der Waals surface area contributed by atoms with Gasteiger partial charge in [0.05, 0.1) is 0 Å². The molecule has 2 aromatic carbocycles. The van der Waals surface area contributed by atoms with E-state index in [9.17, 15) is 0 Å². The quantitative estimate of drug-likeness (QED) is 0.912. The fraction of sp³-hybridized carbons (Fsp3) is 0.333. The fourth-order valence-corrected chi connectivity index (χ4v) is 2.51. The largest absolute Gasteiger partial charge is 0.489 e. The normalized spacial score (nSPS) is 10.7. The van der Waals surface area contributed by atoms with Crippen molar-refractivity contribution in [1.29, 1.82) is 0 Å². The van der Waals surface area contributed by atoms with E-state index < -0.39 is 0 Å². The van der Waals surface area contributed by atoms with Gasteiger partial charge in [-0.05, 0) is 61.6 Å². The first-order valence-corrected chi connectivity index (χ1v) is 7.00. The second kappa shape index (κ2) is 6.10. The van der Waals surface area contributed by atoms with Crippen LogP contribution >= 0.6 is 0 Å². The smallest absolute Gasteiger partial charge is 0.123 e. The zero-order chi connectivity index (χ0) is 14.7. The molecular weight excluding hydrogens is 246 g/mol. The van der Waals surface area contributed by atoms with Gasteiger partial charge in [0.1, 0.15) is 12.4 Å². The summed E-state index contributed by atoms with van der Waals surface area (Å²) in [6.45, 7) is 9.61. The van der Waals surface area contributed by atoms with Gasteiger partial charge in [-0.1, -0.05) is 29.8 Å². The lowest BCUT2D eigenvalue weighted by Crippen LogP contribution is -2.03. The highest BCUT2D eigenvalue weighted by atomic mass is 16.5. The van der Waals surface area contributed by atoms with Crippen LogP contribution in [0.4, 0.5) is 0 Å².